The van der Waals surface area contributed by atoms with E-state index in [0.29, 0.717) is 46.5 Å². The summed E-state index contributed by atoms with van der Waals surface area (Å²) < 4.78 is 174. The Balaban J connectivity index is 1.29. The van der Waals surface area contributed by atoms with Crippen LogP contribution in [0.5, 0.6) is 0 Å². The predicted molar refractivity (Wildman–Crippen MR) is 176 cm³/mol. The number of anilines is 2. The highest BCUT2D eigenvalue weighted by atomic mass is 32.1. The van der Waals surface area contributed by atoms with Crippen molar-refractivity contribution in [3.8, 4) is 0 Å². The third kappa shape index (κ3) is 8.17. The Hall–Kier alpha value is -4.58. The maximum absolute atomic E-state index is 13.5. The highest BCUT2D eigenvalue weighted by Crippen LogP contribution is 2.58. The number of rotatable bonds is 4. The Morgan fingerprint density at radius 1 is 0.472 bits per heavy atom. The molecule has 280 valence electrons. The van der Waals surface area contributed by atoms with Crippen LogP contribution in [-0.2, 0) is 34.2 Å². The number of ether oxygens (including phenoxy) is 2. The second kappa shape index (κ2) is 13.7. The number of fused-ring (bicyclic) bond motifs is 6. The van der Waals surface area contributed by atoms with Gasteiger partial charge in [-0.05, 0) is 89.5 Å². The largest absolute Gasteiger partial charge is 0.462 e. The second-order valence-corrected chi connectivity index (χ2v) is 12.9. The van der Waals surface area contributed by atoms with Gasteiger partial charge in [-0.3, -0.25) is 0 Å². The topological polar surface area (TPSA) is 42.5 Å². The third-order valence-electron chi connectivity index (χ3n) is 8.78. The summed E-state index contributed by atoms with van der Waals surface area (Å²) in [5, 5.41) is 3.66. The lowest BCUT2D eigenvalue weighted by molar-refractivity contribution is -0.144. The van der Waals surface area contributed by atoms with Gasteiger partial charge in [0, 0.05) is 23.2 Å². The molecule has 4 atom stereocenters. The summed E-state index contributed by atoms with van der Waals surface area (Å²) in [5.74, 6) is -1.03. The van der Waals surface area contributed by atoms with E-state index >= 15 is 0 Å². The van der Waals surface area contributed by atoms with Crippen molar-refractivity contribution in [1.29, 1.82) is 0 Å². The highest BCUT2D eigenvalue weighted by molar-refractivity contribution is 7.80. The summed E-state index contributed by atoms with van der Waals surface area (Å²) in [5.41, 5.74) is -5.14. The van der Waals surface area contributed by atoms with Gasteiger partial charge in [0.2, 0.25) is 0 Å². The Morgan fingerprint density at radius 2 is 0.755 bits per heavy atom. The zero-order valence-corrected chi connectivity index (χ0v) is 27.9. The molecule has 0 saturated heterocycles. The smallest absolute Gasteiger partial charge is 0.416 e. The van der Waals surface area contributed by atoms with Crippen LogP contribution in [0.3, 0.4) is 0 Å². The molecule has 2 N–H and O–H groups in total. The summed E-state index contributed by atoms with van der Waals surface area (Å²) in [7, 11) is 0. The fraction of sp³-hybridized carbons (Fsp3) is 0.257. The third-order valence-corrected chi connectivity index (χ3v) is 9.18. The Bertz CT molecular complexity index is 1850. The van der Waals surface area contributed by atoms with Crippen LogP contribution in [-0.4, -0.2) is 10.3 Å². The van der Waals surface area contributed by atoms with Gasteiger partial charge in [-0.15, -0.1) is 0 Å². The van der Waals surface area contributed by atoms with Gasteiger partial charge in [-0.25, -0.2) is 0 Å². The average Bonchev–Trinajstić information content (AvgIpc) is 3.05. The number of halogens is 12. The lowest BCUT2D eigenvalue weighted by Gasteiger charge is -2.46. The summed E-state index contributed by atoms with van der Waals surface area (Å²) >= 11 is 10.6. The van der Waals surface area contributed by atoms with Gasteiger partial charge in [0.25, 0.3) is 10.3 Å². The van der Waals surface area contributed by atoms with E-state index in [1.54, 1.807) is 48.5 Å². The molecule has 0 saturated carbocycles. The first kappa shape index (κ1) is 38.2. The van der Waals surface area contributed by atoms with Crippen LogP contribution < -0.4 is 10.6 Å². The molecule has 4 aromatic carbocycles. The molecule has 0 heterocycles. The van der Waals surface area contributed by atoms with Gasteiger partial charge < -0.3 is 20.1 Å². The standard InChI is InChI=1S/C35H22F12N2O2S2/c36-32(37,38)16-9-17(33(39,40)41)12-20(11-16)48-30(52)50-28-24-7-3-1-5-22(24)26-15-27(28)23-6-2-4-8-25(23)29(26)51-31(53)49-21-13-18(34(42,43)44)10-19(14-21)35(45,46)47/h1-14,26-29H,15H2,(H,48,52)(H,49,53)/t26-,27-,28-,29-/m0/s1. The average molecular weight is 795 g/mol. The van der Waals surface area contributed by atoms with Gasteiger partial charge in [-0.2, -0.15) is 52.7 Å². The summed E-state index contributed by atoms with van der Waals surface area (Å²) in [6, 6.07) is 15.3. The zero-order valence-electron chi connectivity index (χ0n) is 26.3. The summed E-state index contributed by atoms with van der Waals surface area (Å²) in [6.07, 6.45) is -21.9. The second-order valence-electron chi connectivity index (χ2n) is 12.2. The molecule has 2 aliphatic carbocycles. The first-order valence-corrected chi connectivity index (χ1v) is 16.1. The van der Waals surface area contributed by atoms with Crippen molar-refractivity contribution in [2.45, 2.75) is 55.2 Å². The van der Waals surface area contributed by atoms with Crippen molar-refractivity contribution >= 4 is 46.2 Å². The molecule has 0 fully saturated rings. The molecule has 2 aliphatic rings. The minimum atomic E-state index is -5.10. The Labute approximate surface area is 303 Å². The van der Waals surface area contributed by atoms with Gasteiger partial charge in [0.15, 0.2) is 0 Å². The first-order chi connectivity index (χ1) is 24.6. The Morgan fingerprint density at radius 3 is 1.04 bits per heavy atom. The molecular formula is C35H22F12N2O2S2. The van der Waals surface area contributed by atoms with Crippen LogP contribution in [0.1, 0.15) is 75.0 Å². The Kier molecular flexibility index (Phi) is 9.85. The maximum atomic E-state index is 13.5. The van der Waals surface area contributed by atoms with Crippen molar-refractivity contribution in [1.82, 2.24) is 0 Å². The molecule has 0 unspecified atom stereocenters. The van der Waals surface area contributed by atoms with E-state index in [1.165, 1.54) is 0 Å². The molecule has 0 amide bonds. The lowest BCUT2D eigenvalue weighted by atomic mass is 9.64. The number of alkyl halides is 12. The van der Waals surface area contributed by atoms with Gasteiger partial charge in [0.05, 0.1) is 22.3 Å². The van der Waals surface area contributed by atoms with Crippen LogP contribution in [0.4, 0.5) is 64.1 Å². The molecule has 4 nitrogen and oxygen atoms in total. The van der Waals surface area contributed by atoms with Crippen LogP contribution in [0.15, 0.2) is 84.9 Å². The highest BCUT2D eigenvalue weighted by Gasteiger charge is 2.47. The number of hydrogen-bond donors (Lipinski definition) is 2. The number of benzene rings is 4. The van der Waals surface area contributed by atoms with Gasteiger partial charge in [0.1, 0.15) is 12.2 Å². The van der Waals surface area contributed by atoms with E-state index in [9.17, 15) is 52.7 Å². The van der Waals surface area contributed by atoms with Crippen LogP contribution in [0, 0.1) is 0 Å². The number of hydrogen-bond acceptors (Lipinski definition) is 4. The molecule has 53 heavy (non-hydrogen) atoms. The van der Waals surface area contributed by atoms with E-state index in [4.69, 9.17) is 33.9 Å². The minimum Gasteiger partial charge on any atom is -0.462 e. The SMILES string of the molecule is FC(F)(F)c1cc(NC(=S)O[C@H]2c3ccccc3[C@@H]3C[C@H]2c2ccccc2[C@@H]3OC(=S)Nc2cc(C(F)(F)F)cc(C(F)(F)F)c2)cc(C(F)(F)F)c1. The van der Waals surface area contributed by atoms with Crippen LogP contribution >= 0.6 is 24.4 Å². The number of nitrogens with one attached hydrogen (secondary N) is 2. The molecule has 4 aromatic rings. The lowest BCUT2D eigenvalue weighted by Crippen LogP contribution is -2.36. The van der Waals surface area contributed by atoms with E-state index in [1.807, 2.05) is 0 Å². The molecule has 0 spiro atoms. The molecular weight excluding hydrogens is 773 g/mol. The monoisotopic (exact) mass is 794 g/mol. The fourth-order valence-electron chi connectivity index (χ4n) is 6.62. The molecule has 6 rings (SSSR count). The minimum absolute atomic E-state index is 0.0232. The molecule has 0 aromatic heterocycles. The van der Waals surface area contributed by atoms with Crippen molar-refractivity contribution < 1.29 is 62.2 Å². The molecule has 18 heteroatoms. The normalized spacial score (nSPS) is 19.8. The van der Waals surface area contributed by atoms with Crippen molar-refractivity contribution in [3.63, 3.8) is 0 Å². The summed E-state index contributed by atoms with van der Waals surface area (Å²) in [6.45, 7) is 0. The zero-order chi connectivity index (χ0) is 38.7. The van der Waals surface area contributed by atoms with E-state index < -0.39 is 92.7 Å². The number of thiocarbonyl (C=S) groups is 2. The molecule has 0 aliphatic heterocycles. The van der Waals surface area contributed by atoms with Gasteiger partial charge in [-0.1, -0.05) is 48.5 Å². The van der Waals surface area contributed by atoms with E-state index in [2.05, 4.69) is 10.6 Å². The summed E-state index contributed by atoms with van der Waals surface area (Å²) in [4.78, 5) is 0. The predicted octanol–water partition coefficient (Wildman–Crippen LogP) is 12.0. The van der Waals surface area contributed by atoms with Gasteiger partial charge >= 0.3 is 24.7 Å². The molecule has 2 bridgehead atoms. The quantitative estimate of drug-likeness (QED) is 0.158. The van der Waals surface area contributed by atoms with Crippen molar-refractivity contribution in [3.05, 3.63) is 129 Å². The van der Waals surface area contributed by atoms with E-state index in [0.717, 1.165) is 0 Å². The first-order valence-electron chi connectivity index (χ1n) is 15.3. The maximum Gasteiger partial charge on any atom is 0.416 e. The fourth-order valence-corrected chi connectivity index (χ4v) is 7.06. The van der Waals surface area contributed by atoms with Crippen molar-refractivity contribution in [2.24, 2.45) is 0 Å². The van der Waals surface area contributed by atoms with Crippen molar-refractivity contribution in [2.75, 3.05) is 10.6 Å². The van der Waals surface area contributed by atoms with Crippen LogP contribution in [0.2, 0.25) is 0 Å². The van der Waals surface area contributed by atoms with E-state index in [-0.39, 0.29) is 18.6 Å². The van der Waals surface area contributed by atoms with Crippen LogP contribution in [0.25, 0.3) is 0 Å². The molecule has 0 radical (unpaired) electrons.